The monoisotopic (exact) mass is 767 g/mol. The van der Waals surface area contributed by atoms with Crippen LogP contribution in [0.4, 0.5) is 0 Å². The molecule has 0 aliphatic rings. The topological polar surface area (TPSA) is 65.0 Å². The third-order valence-corrected chi connectivity index (χ3v) is 11.6. The fourth-order valence-corrected chi connectivity index (χ4v) is 8.64. The Morgan fingerprint density at radius 1 is 0.333 bits per heavy atom. The van der Waals surface area contributed by atoms with Gasteiger partial charge in [-0.1, -0.05) is 146 Å². The predicted octanol–water partition coefficient (Wildman–Crippen LogP) is 14.8. The molecule has 280 valence electrons. The zero-order valence-corrected chi connectivity index (χ0v) is 32.2. The number of fused-ring (bicyclic) bond motifs is 7. The molecule has 0 amide bonds. The van der Waals surface area contributed by atoms with Gasteiger partial charge in [-0.3, -0.25) is 4.98 Å². The van der Waals surface area contributed by atoms with E-state index in [2.05, 4.69) is 145 Å². The number of furan rings is 2. The fraction of sp³-hybridized carbons (Fsp3) is 0. The Kier molecular flexibility index (Phi) is 7.78. The molecule has 0 unspecified atom stereocenters. The summed E-state index contributed by atoms with van der Waals surface area (Å²) in [6.45, 7) is 0. The molecule has 0 spiro atoms. The number of hydrogen-bond donors (Lipinski definition) is 0. The van der Waals surface area contributed by atoms with Gasteiger partial charge < -0.3 is 8.83 Å². The average Bonchev–Trinajstić information content (AvgIpc) is 3.90. The minimum Gasteiger partial charge on any atom is -0.456 e. The van der Waals surface area contributed by atoms with Gasteiger partial charge in [-0.2, -0.15) is 0 Å². The van der Waals surface area contributed by atoms with E-state index in [1.54, 1.807) is 0 Å². The second-order valence-electron chi connectivity index (χ2n) is 15.1. The van der Waals surface area contributed by atoms with Crippen molar-refractivity contribution in [2.75, 3.05) is 0 Å². The molecule has 12 rings (SSSR count). The third-order valence-electron chi connectivity index (χ3n) is 11.6. The molecular weight excluding hydrogens is 735 g/mol. The lowest BCUT2D eigenvalue weighted by Gasteiger charge is -2.12. The molecule has 0 atom stereocenters. The second-order valence-corrected chi connectivity index (χ2v) is 15.1. The average molecular weight is 768 g/mol. The number of aromatic nitrogens is 3. The van der Waals surface area contributed by atoms with Gasteiger partial charge in [0.1, 0.15) is 22.3 Å². The van der Waals surface area contributed by atoms with Crippen LogP contribution in [0.25, 0.3) is 122 Å². The summed E-state index contributed by atoms with van der Waals surface area (Å²) in [4.78, 5) is 14.8. The van der Waals surface area contributed by atoms with Crippen LogP contribution in [0.15, 0.2) is 209 Å². The summed E-state index contributed by atoms with van der Waals surface area (Å²) in [5.74, 6) is 0.672. The van der Waals surface area contributed by atoms with E-state index < -0.39 is 0 Å². The first-order valence-corrected chi connectivity index (χ1v) is 20.1. The molecule has 0 bridgehead atoms. The SMILES string of the molecule is c1ccc(-c2cc(-c3ccc(-c4ccc(-c5ccc6oc7ccccc7c6c5)c5oc6ccccc6c45)cc3)nc(-c3ccc(-c4ccnc5ccccc45)cc3)n2)cc1. The molecule has 0 aliphatic carbocycles. The number of hydrogen-bond acceptors (Lipinski definition) is 5. The summed E-state index contributed by atoms with van der Waals surface area (Å²) >= 11 is 0. The van der Waals surface area contributed by atoms with Gasteiger partial charge in [0.05, 0.1) is 16.9 Å². The molecule has 0 radical (unpaired) electrons. The zero-order chi connectivity index (χ0) is 39.6. The van der Waals surface area contributed by atoms with Crippen molar-refractivity contribution in [1.82, 2.24) is 15.0 Å². The number of pyridine rings is 1. The van der Waals surface area contributed by atoms with Gasteiger partial charge in [-0.25, -0.2) is 9.97 Å². The van der Waals surface area contributed by atoms with Gasteiger partial charge in [-0.05, 0) is 76.3 Å². The Labute approximate surface area is 344 Å². The summed E-state index contributed by atoms with van der Waals surface area (Å²) in [5.41, 5.74) is 15.7. The van der Waals surface area contributed by atoms with E-state index in [1.807, 2.05) is 60.8 Å². The van der Waals surface area contributed by atoms with Crippen LogP contribution in [-0.2, 0) is 0 Å². The van der Waals surface area contributed by atoms with Crippen LogP contribution in [0.5, 0.6) is 0 Å². The van der Waals surface area contributed by atoms with Crippen LogP contribution >= 0.6 is 0 Å². The Hall–Kier alpha value is -8.15. The van der Waals surface area contributed by atoms with Crippen molar-refractivity contribution in [3.05, 3.63) is 200 Å². The zero-order valence-electron chi connectivity index (χ0n) is 32.2. The van der Waals surface area contributed by atoms with Gasteiger partial charge in [-0.15, -0.1) is 0 Å². The molecule has 4 heterocycles. The highest BCUT2D eigenvalue weighted by Gasteiger charge is 2.19. The van der Waals surface area contributed by atoms with Crippen molar-refractivity contribution in [2.45, 2.75) is 0 Å². The second kappa shape index (κ2) is 13.8. The van der Waals surface area contributed by atoms with E-state index in [1.165, 1.54) is 0 Å². The van der Waals surface area contributed by atoms with Crippen LogP contribution in [0.1, 0.15) is 0 Å². The molecule has 12 aromatic rings. The molecular formula is C55H33N3O2. The number of para-hydroxylation sites is 3. The van der Waals surface area contributed by atoms with Gasteiger partial charge in [0.15, 0.2) is 5.82 Å². The normalized spacial score (nSPS) is 11.7. The summed E-state index contributed by atoms with van der Waals surface area (Å²) in [7, 11) is 0. The first kappa shape index (κ1) is 33.9. The maximum Gasteiger partial charge on any atom is 0.160 e. The van der Waals surface area contributed by atoms with Crippen molar-refractivity contribution >= 4 is 54.8 Å². The summed E-state index contributed by atoms with van der Waals surface area (Å²) < 4.78 is 12.8. The van der Waals surface area contributed by atoms with E-state index >= 15 is 0 Å². The van der Waals surface area contributed by atoms with Crippen LogP contribution in [0.3, 0.4) is 0 Å². The molecule has 60 heavy (non-hydrogen) atoms. The summed E-state index contributed by atoms with van der Waals surface area (Å²) in [5, 5.41) is 5.49. The predicted molar refractivity (Wildman–Crippen MR) is 245 cm³/mol. The molecule has 5 nitrogen and oxygen atoms in total. The molecule has 8 aromatic carbocycles. The summed E-state index contributed by atoms with van der Waals surface area (Å²) in [6, 6.07) is 67.2. The lowest BCUT2D eigenvalue weighted by molar-refractivity contribution is 0.668. The Morgan fingerprint density at radius 2 is 0.900 bits per heavy atom. The Balaban J connectivity index is 0.943. The van der Waals surface area contributed by atoms with Crippen molar-refractivity contribution in [2.24, 2.45) is 0 Å². The third kappa shape index (κ3) is 5.67. The molecule has 0 saturated heterocycles. The van der Waals surface area contributed by atoms with E-state index in [0.29, 0.717) is 5.82 Å². The standard InChI is InChI=1S/C55H33N3O2/c1-2-10-36(11-3-1)48-33-49(58-55(57-48)38-24-20-34(21-25-38)40-30-31-56-47-15-7-4-12-43(40)47)37-22-18-35(19-23-37)41-27-28-42(54-53(41)45-14-6-9-17-51(45)60-54)39-26-29-52-46(32-39)44-13-5-8-16-50(44)59-52/h1-33H. The van der Waals surface area contributed by atoms with Crippen molar-refractivity contribution in [3.8, 4) is 67.3 Å². The largest absolute Gasteiger partial charge is 0.456 e. The first-order valence-electron chi connectivity index (χ1n) is 20.1. The van der Waals surface area contributed by atoms with Crippen LogP contribution in [0, 0.1) is 0 Å². The summed E-state index contributed by atoms with van der Waals surface area (Å²) in [6.07, 6.45) is 1.87. The number of benzene rings is 8. The highest BCUT2D eigenvalue weighted by molar-refractivity contribution is 6.17. The van der Waals surface area contributed by atoms with Crippen molar-refractivity contribution < 1.29 is 8.83 Å². The molecule has 0 aliphatic heterocycles. The fourth-order valence-electron chi connectivity index (χ4n) is 8.64. The molecule has 0 N–H and O–H groups in total. The Bertz CT molecular complexity index is 3580. The minimum atomic E-state index is 0.672. The van der Waals surface area contributed by atoms with Gasteiger partial charge in [0, 0.05) is 55.4 Å². The Morgan fingerprint density at radius 3 is 1.68 bits per heavy atom. The van der Waals surface area contributed by atoms with E-state index in [9.17, 15) is 0 Å². The van der Waals surface area contributed by atoms with E-state index in [-0.39, 0.29) is 0 Å². The van der Waals surface area contributed by atoms with Crippen LogP contribution in [0.2, 0.25) is 0 Å². The van der Waals surface area contributed by atoms with Crippen LogP contribution < -0.4 is 0 Å². The smallest absolute Gasteiger partial charge is 0.160 e. The molecule has 5 heteroatoms. The van der Waals surface area contributed by atoms with Gasteiger partial charge in [0.2, 0.25) is 0 Å². The van der Waals surface area contributed by atoms with Crippen molar-refractivity contribution in [1.29, 1.82) is 0 Å². The quantitative estimate of drug-likeness (QED) is 0.169. The van der Waals surface area contributed by atoms with Crippen molar-refractivity contribution in [3.63, 3.8) is 0 Å². The minimum absolute atomic E-state index is 0.672. The lowest BCUT2D eigenvalue weighted by atomic mass is 9.93. The van der Waals surface area contributed by atoms with Crippen LogP contribution in [-0.4, -0.2) is 15.0 Å². The highest BCUT2D eigenvalue weighted by Crippen LogP contribution is 2.43. The first-order chi connectivity index (χ1) is 29.7. The van der Waals surface area contributed by atoms with Gasteiger partial charge >= 0.3 is 0 Å². The van der Waals surface area contributed by atoms with E-state index in [0.717, 1.165) is 116 Å². The molecule has 0 fully saturated rings. The van der Waals surface area contributed by atoms with E-state index in [4.69, 9.17) is 18.8 Å². The highest BCUT2D eigenvalue weighted by atomic mass is 16.3. The molecule has 0 saturated carbocycles. The lowest BCUT2D eigenvalue weighted by Crippen LogP contribution is -1.96. The number of rotatable bonds is 6. The van der Waals surface area contributed by atoms with Gasteiger partial charge in [0.25, 0.3) is 0 Å². The molecule has 4 aromatic heterocycles. The maximum atomic E-state index is 6.69. The maximum absolute atomic E-state index is 6.69. The number of nitrogens with zero attached hydrogens (tertiary/aromatic N) is 3.